The lowest BCUT2D eigenvalue weighted by Crippen LogP contribution is -2.39. The van der Waals surface area contributed by atoms with E-state index in [9.17, 15) is 18.8 Å². The van der Waals surface area contributed by atoms with Crippen molar-refractivity contribution < 1.29 is 23.1 Å². The molecule has 2 aliphatic rings. The second kappa shape index (κ2) is 13.5. The first-order valence-corrected chi connectivity index (χ1v) is 16.3. The average Bonchev–Trinajstić information content (AvgIpc) is 3.67. The van der Waals surface area contributed by atoms with Gasteiger partial charge < -0.3 is 23.9 Å². The molecule has 0 saturated heterocycles. The van der Waals surface area contributed by atoms with Crippen LogP contribution in [-0.2, 0) is 23.2 Å². The molecule has 2 aliphatic heterocycles. The monoisotopic (exact) mass is 710 g/mol. The van der Waals surface area contributed by atoms with Crippen molar-refractivity contribution in [2.24, 2.45) is 10.4 Å². The number of amides is 3. The van der Waals surface area contributed by atoms with E-state index >= 15 is 0 Å². The molecule has 1 N–H and O–H groups in total. The molecule has 49 heavy (non-hydrogen) atoms. The van der Waals surface area contributed by atoms with Crippen molar-refractivity contribution in [3.8, 4) is 23.8 Å². The summed E-state index contributed by atoms with van der Waals surface area (Å²) in [4.78, 5) is 43.6. The number of terminal acetylenes is 1. The summed E-state index contributed by atoms with van der Waals surface area (Å²) >= 11 is 7.46. The first-order chi connectivity index (χ1) is 23.0. The number of nitrogens with one attached hydrogen (secondary N) is 1. The van der Waals surface area contributed by atoms with Crippen molar-refractivity contribution in [3.63, 3.8) is 0 Å². The second-order valence-electron chi connectivity index (χ2n) is 13.5. The van der Waals surface area contributed by atoms with Crippen LogP contribution in [0.5, 0.6) is 5.75 Å². The van der Waals surface area contributed by atoms with Crippen molar-refractivity contribution >= 4 is 52.1 Å². The number of benzene rings is 2. The summed E-state index contributed by atoms with van der Waals surface area (Å²) in [6.07, 6.45) is 6.22. The number of rotatable bonds is 4. The quantitative estimate of drug-likeness (QED) is 0.290. The summed E-state index contributed by atoms with van der Waals surface area (Å²) < 4.78 is 32.6. The van der Waals surface area contributed by atoms with Gasteiger partial charge >= 0.3 is 11.8 Å². The SMILES string of the molecule is C#CCN1C(=O)COc2cc(F)c(N=c3snc4n3CC(C)(C)C4)cc21.CN(C)C(=O)Nc1ccc(-n2nc(C(C)(C)C)oc2=O)c(Cl)c1. The number of nitrogens with zero attached hydrogens (tertiary/aromatic N) is 7. The van der Waals surface area contributed by atoms with Gasteiger partial charge in [0.1, 0.15) is 17.3 Å². The minimum atomic E-state index is -0.609. The van der Waals surface area contributed by atoms with E-state index in [1.807, 2.05) is 25.3 Å². The van der Waals surface area contributed by atoms with Crippen molar-refractivity contribution in [2.45, 2.75) is 53.0 Å². The third kappa shape index (κ3) is 7.71. The summed E-state index contributed by atoms with van der Waals surface area (Å²) in [6.45, 7) is 10.7. The summed E-state index contributed by atoms with van der Waals surface area (Å²) in [5.74, 6) is 2.64. The van der Waals surface area contributed by atoms with Gasteiger partial charge in [0.15, 0.2) is 12.4 Å². The van der Waals surface area contributed by atoms with Crippen LogP contribution in [0.2, 0.25) is 5.02 Å². The molecule has 0 radical (unpaired) electrons. The Morgan fingerprint density at radius 2 is 1.96 bits per heavy atom. The molecule has 13 nitrogen and oxygen atoms in total. The van der Waals surface area contributed by atoms with E-state index in [1.165, 1.54) is 33.5 Å². The molecule has 0 spiro atoms. The number of ether oxygens (including phenoxy) is 1. The van der Waals surface area contributed by atoms with Gasteiger partial charge in [0.25, 0.3) is 5.91 Å². The Bertz CT molecular complexity index is 2100. The third-order valence-electron chi connectivity index (χ3n) is 7.46. The summed E-state index contributed by atoms with van der Waals surface area (Å²) in [6, 6.07) is 7.27. The van der Waals surface area contributed by atoms with Gasteiger partial charge in [0, 0.05) is 55.8 Å². The lowest BCUT2D eigenvalue weighted by atomic mass is 9.92. The number of carbonyl (C=O) groups is 2. The highest BCUT2D eigenvalue weighted by molar-refractivity contribution is 7.02. The minimum Gasteiger partial charge on any atom is -0.481 e. The van der Waals surface area contributed by atoms with Crippen LogP contribution in [0.15, 0.2) is 44.5 Å². The molecular formula is C33H36ClFN8O5S. The van der Waals surface area contributed by atoms with Gasteiger partial charge in [-0.2, -0.15) is 9.06 Å². The highest BCUT2D eigenvalue weighted by Gasteiger charge is 2.31. The Labute approximate surface area is 291 Å². The van der Waals surface area contributed by atoms with Crippen LogP contribution >= 0.6 is 23.1 Å². The molecule has 4 heterocycles. The van der Waals surface area contributed by atoms with E-state index in [1.54, 1.807) is 32.3 Å². The van der Waals surface area contributed by atoms with Gasteiger partial charge in [-0.3, -0.25) is 9.69 Å². The fourth-order valence-electron chi connectivity index (χ4n) is 4.97. The Hall–Kier alpha value is -4.94. The Balaban J connectivity index is 0.000000193. The Morgan fingerprint density at radius 1 is 1.22 bits per heavy atom. The molecule has 3 amide bonds. The van der Waals surface area contributed by atoms with Crippen LogP contribution in [0.4, 0.5) is 26.2 Å². The van der Waals surface area contributed by atoms with Gasteiger partial charge in [0.2, 0.25) is 10.7 Å². The predicted octanol–water partition coefficient (Wildman–Crippen LogP) is 5.13. The molecule has 0 aliphatic carbocycles. The highest BCUT2D eigenvalue weighted by atomic mass is 35.5. The van der Waals surface area contributed by atoms with E-state index in [4.69, 9.17) is 27.2 Å². The fraction of sp³-hybridized carbons (Fsp3) is 0.394. The second-order valence-corrected chi connectivity index (χ2v) is 14.6. The maximum Gasteiger partial charge on any atom is 0.442 e. The summed E-state index contributed by atoms with van der Waals surface area (Å²) in [5, 5.41) is 7.14. The molecule has 0 saturated carbocycles. The number of fused-ring (bicyclic) bond motifs is 2. The number of aromatic nitrogens is 4. The van der Waals surface area contributed by atoms with Crippen LogP contribution < -0.4 is 25.5 Å². The topological polar surface area (TPSA) is 140 Å². The van der Waals surface area contributed by atoms with Crippen molar-refractivity contribution in [3.05, 3.63) is 68.2 Å². The number of halogens is 2. The molecule has 16 heteroatoms. The third-order valence-corrected chi connectivity index (χ3v) is 8.54. The summed E-state index contributed by atoms with van der Waals surface area (Å²) in [5.41, 5.74) is 1.19. The Morgan fingerprint density at radius 3 is 2.59 bits per heavy atom. The van der Waals surface area contributed by atoms with E-state index in [0.717, 1.165) is 23.5 Å². The van der Waals surface area contributed by atoms with Crippen molar-refractivity contribution in [1.29, 1.82) is 0 Å². The van der Waals surface area contributed by atoms with Crippen LogP contribution in [0.1, 0.15) is 46.3 Å². The standard InChI is InChI=1S/C18H17FN4O2S.C15H19ClN4O3/c1-4-5-22-13-7-12(11(19)6-14(13)25-9-16(22)24)20-17-23-10-18(2,3)8-15(23)21-26-17;1-15(2,3)12-18-20(14(22)23-12)11-7-6-9(8-10(11)16)17-13(21)19(4)5/h1,6-7H,5,8-10H2,2-3H3;6-8H,1-5H3,(H,17,21). The molecule has 4 aromatic rings. The molecule has 6 rings (SSSR count). The highest BCUT2D eigenvalue weighted by Crippen LogP contribution is 2.37. The normalized spacial score (nSPS) is 15.1. The number of urea groups is 1. The maximum atomic E-state index is 14.5. The number of hydrogen-bond donors (Lipinski definition) is 1. The average molecular weight is 711 g/mol. The van der Waals surface area contributed by atoms with Gasteiger partial charge in [-0.1, -0.05) is 52.1 Å². The first kappa shape index (κ1) is 35.4. The van der Waals surface area contributed by atoms with E-state index in [2.05, 4.69) is 39.5 Å². The van der Waals surface area contributed by atoms with E-state index < -0.39 is 17.0 Å². The number of anilines is 2. The minimum absolute atomic E-state index is 0.0964. The zero-order valence-electron chi connectivity index (χ0n) is 28.1. The summed E-state index contributed by atoms with van der Waals surface area (Å²) in [7, 11) is 3.27. The van der Waals surface area contributed by atoms with Gasteiger partial charge in [-0.25, -0.2) is 19.0 Å². The lowest BCUT2D eigenvalue weighted by molar-refractivity contribution is -0.121. The molecule has 2 aromatic heterocycles. The van der Waals surface area contributed by atoms with Crippen molar-refractivity contribution in [1.82, 2.24) is 23.6 Å². The van der Waals surface area contributed by atoms with Crippen molar-refractivity contribution in [2.75, 3.05) is 37.5 Å². The fourth-order valence-corrected chi connectivity index (χ4v) is 5.99. The number of hydrogen-bond acceptors (Lipinski definition) is 9. The smallest absolute Gasteiger partial charge is 0.442 e. The van der Waals surface area contributed by atoms with E-state index in [-0.39, 0.29) is 41.2 Å². The zero-order chi connectivity index (χ0) is 35.8. The zero-order valence-corrected chi connectivity index (χ0v) is 29.7. The molecule has 0 atom stereocenters. The molecule has 0 fully saturated rings. The van der Waals surface area contributed by atoms with E-state index in [0.29, 0.717) is 33.5 Å². The molecular weight excluding hydrogens is 675 g/mol. The first-order valence-electron chi connectivity index (χ1n) is 15.2. The lowest BCUT2D eigenvalue weighted by Gasteiger charge is -2.28. The molecule has 2 aromatic carbocycles. The Kier molecular flexibility index (Phi) is 9.76. The van der Waals surface area contributed by atoms with Crippen LogP contribution in [0.3, 0.4) is 0 Å². The largest absolute Gasteiger partial charge is 0.481 e. The van der Waals surface area contributed by atoms with Crippen LogP contribution in [0, 0.1) is 23.6 Å². The molecule has 0 unspecified atom stereocenters. The molecule has 258 valence electrons. The maximum absolute atomic E-state index is 14.5. The van der Waals surface area contributed by atoms with Crippen LogP contribution in [0.25, 0.3) is 5.69 Å². The van der Waals surface area contributed by atoms with Gasteiger partial charge in [-0.15, -0.1) is 11.5 Å². The van der Waals surface area contributed by atoms with Gasteiger partial charge in [0.05, 0.1) is 22.9 Å². The van der Waals surface area contributed by atoms with Crippen LogP contribution in [-0.4, -0.2) is 62.8 Å². The number of carbonyl (C=O) groups excluding carboxylic acids is 2. The molecule has 0 bridgehead atoms. The predicted molar refractivity (Wildman–Crippen MR) is 184 cm³/mol. The van der Waals surface area contributed by atoms with Gasteiger partial charge in [-0.05, 0) is 29.7 Å².